The summed E-state index contributed by atoms with van der Waals surface area (Å²) in [7, 11) is 0. The van der Waals surface area contributed by atoms with E-state index < -0.39 is 17.9 Å². The lowest BCUT2D eigenvalue weighted by Crippen LogP contribution is -2.44. The molecule has 1 rings (SSSR count). The van der Waals surface area contributed by atoms with Crippen molar-refractivity contribution in [3.8, 4) is 0 Å². The molecule has 1 amide bonds. The largest absolute Gasteiger partial charge is 0.480 e. The maximum Gasteiger partial charge on any atom is 0.326 e. The van der Waals surface area contributed by atoms with Crippen LogP contribution in [-0.2, 0) is 11.3 Å². The number of carbonyl (C=O) groups is 2. The molecule has 0 aliphatic carbocycles. The zero-order valence-corrected chi connectivity index (χ0v) is 14.1. The quantitative estimate of drug-likeness (QED) is 0.631. The molecule has 1 heterocycles. The molecule has 7 heteroatoms. The van der Waals surface area contributed by atoms with Gasteiger partial charge in [0, 0.05) is 18.7 Å². The number of aliphatic hydroxyl groups excluding tert-OH is 1. The maximum atomic E-state index is 12.2. The Morgan fingerprint density at radius 3 is 2.52 bits per heavy atom. The second-order valence-electron chi connectivity index (χ2n) is 5.82. The molecule has 0 fully saturated rings. The predicted octanol–water partition coefficient (Wildman–Crippen LogP) is 1.24. The minimum absolute atomic E-state index is 0.0623. The number of aliphatic hydroxyl groups is 1. The lowest BCUT2D eigenvalue weighted by molar-refractivity contribution is -0.140. The summed E-state index contributed by atoms with van der Waals surface area (Å²) in [5.74, 6) is -1.12. The molecule has 0 aromatic carbocycles. The average Bonchev–Trinajstić information content (AvgIpc) is 2.84. The number of nitrogens with zero attached hydrogens (tertiary/aromatic N) is 1. The molecule has 130 valence electrons. The van der Waals surface area contributed by atoms with Gasteiger partial charge in [0.05, 0.1) is 6.61 Å². The summed E-state index contributed by atoms with van der Waals surface area (Å²) in [6.45, 7) is 9.13. The fraction of sp³-hybridized carbons (Fsp3) is 0.625. The van der Waals surface area contributed by atoms with Crippen molar-refractivity contribution < 1.29 is 24.2 Å². The van der Waals surface area contributed by atoms with E-state index in [2.05, 4.69) is 5.32 Å². The van der Waals surface area contributed by atoms with E-state index in [1.165, 1.54) is 0 Å². The number of carbonyl (C=O) groups excluding carboxylic acids is 1. The first-order chi connectivity index (χ1) is 10.8. The third-order valence-electron chi connectivity index (χ3n) is 3.72. The van der Waals surface area contributed by atoms with Crippen LogP contribution in [0.4, 0.5) is 0 Å². The van der Waals surface area contributed by atoms with Gasteiger partial charge in [-0.3, -0.25) is 9.69 Å². The van der Waals surface area contributed by atoms with Crippen molar-refractivity contribution >= 4 is 11.9 Å². The first-order valence-electron chi connectivity index (χ1n) is 7.76. The summed E-state index contributed by atoms with van der Waals surface area (Å²) in [6.07, 6.45) is 0. The third-order valence-corrected chi connectivity index (χ3v) is 3.72. The van der Waals surface area contributed by atoms with Crippen molar-refractivity contribution in [1.29, 1.82) is 0 Å². The topological polar surface area (TPSA) is 103 Å². The van der Waals surface area contributed by atoms with Crippen LogP contribution in [0.25, 0.3) is 0 Å². The Bertz CT molecular complexity index is 539. The zero-order valence-electron chi connectivity index (χ0n) is 14.1. The van der Waals surface area contributed by atoms with E-state index in [0.717, 1.165) is 12.1 Å². The predicted molar refractivity (Wildman–Crippen MR) is 85.2 cm³/mol. The highest BCUT2D eigenvalue weighted by molar-refractivity contribution is 5.94. The number of hydrogen-bond acceptors (Lipinski definition) is 5. The molecule has 0 saturated heterocycles. The molecule has 0 spiro atoms. The minimum atomic E-state index is -1.07. The van der Waals surface area contributed by atoms with Crippen molar-refractivity contribution in [1.82, 2.24) is 10.2 Å². The van der Waals surface area contributed by atoms with Crippen LogP contribution < -0.4 is 5.32 Å². The van der Waals surface area contributed by atoms with Gasteiger partial charge in [-0.05, 0) is 25.5 Å². The van der Waals surface area contributed by atoms with Crippen LogP contribution in [0.5, 0.6) is 0 Å². The molecule has 0 bridgehead atoms. The number of hydrogen-bond donors (Lipinski definition) is 3. The van der Waals surface area contributed by atoms with Gasteiger partial charge in [0.25, 0.3) is 5.91 Å². The van der Waals surface area contributed by atoms with E-state index in [9.17, 15) is 9.59 Å². The zero-order chi connectivity index (χ0) is 17.6. The Balaban J connectivity index is 2.84. The molecule has 1 aromatic rings. The first kappa shape index (κ1) is 19.2. The van der Waals surface area contributed by atoms with E-state index in [1.54, 1.807) is 26.8 Å². The second kappa shape index (κ2) is 8.69. The van der Waals surface area contributed by atoms with Gasteiger partial charge in [0.15, 0.2) is 5.76 Å². The molecule has 1 unspecified atom stereocenters. The van der Waals surface area contributed by atoms with Gasteiger partial charge in [-0.1, -0.05) is 20.8 Å². The molecule has 0 aliphatic heterocycles. The van der Waals surface area contributed by atoms with Crippen LogP contribution >= 0.6 is 0 Å². The number of likely N-dealkylation sites (N-methyl/N-ethyl adjacent to an activating group) is 1. The van der Waals surface area contributed by atoms with Crippen LogP contribution in [0.2, 0.25) is 0 Å². The molecule has 1 atom stereocenters. The standard InChI is InChI=1S/C16H26N2O5/c1-5-18(6-7-19)9-12-8-13(23-11(12)4)15(20)17-14(10(2)3)16(21)22/h8,10,14,19H,5-7,9H2,1-4H3,(H,17,20)(H,21,22). The number of carboxylic acid groups (broad SMARTS) is 1. The second-order valence-corrected chi connectivity index (χ2v) is 5.82. The SMILES string of the molecule is CCN(CCO)Cc1cc(C(=O)NC(C(=O)O)C(C)C)oc1C. The highest BCUT2D eigenvalue weighted by Crippen LogP contribution is 2.17. The molecule has 0 radical (unpaired) electrons. The number of carboxylic acids is 1. The molecular formula is C16H26N2O5. The van der Waals surface area contributed by atoms with Crippen molar-refractivity contribution in [2.45, 2.75) is 40.3 Å². The Kier molecular flexibility index (Phi) is 7.25. The van der Waals surface area contributed by atoms with Gasteiger partial charge in [-0.2, -0.15) is 0 Å². The third kappa shape index (κ3) is 5.37. The molecule has 7 nitrogen and oxygen atoms in total. The Morgan fingerprint density at radius 2 is 2.04 bits per heavy atom. The van der Waals surface area contributed by atoms with Crippen LogP contribution in [0.3, 0.4) is 0 Å². The fourth-order valence-corrected chi connectivity index (χ4v) is 2.25. The molecular weight excluding hydrogens is 300 g/mol. The summed E-state index contributed by atoms with van der Waals surface area (Å²) < 4.78 is 5.47. The van der Waals surface area contributed by atoms with Crippen molar-refractivity contribution in [3.63, 3.8) is 0 Å². The summed E-state index contributed by atoms with van der Waals surface area (Å²) in [5.41, 5.74) is 0.849. The molecule has 1 aromatic heterocycles. The van der Waals surface area contributed by atoms with Gasteiger partial charge >= 0.3 is 5.97 Å². The maximum absolute atomic E-state index is 12.2. The van der Waals surface area contributed by atoms with E-state index in [-0.39, 0.29) is 18.3 Å². The smallest absolute Gasteiger partial charge is 0.326 e. The number of aliphatic carboxylic acids is 1. The number of amides is 1. The highest BCUT2D eigenvalue weighted by Gasteiger charge is 2.26. The summed E-state index contributed by atoms with van der Waals surface area (Å²) >= 11 is 0. The van der Waals surface area contributed by atoms with Crippen molar-refractivity contribution in [3.05, 3.63) is 23.2 Å². The van der Waals surface area contributed by atoms with E-state index in [4.69, 9.17) is 14.6 Å². The number of rotatable bonds is 9. The van der Waals surface area contributed by atoms with Crippen LogP contribution in [-0.4, -0.2) is 52.7 Å². The van der Waals surface area contributed by atoms with E-state index in [1.807, 2.05) is 11.8 Å². The lowest BCUT2D eigenvalue weighted by Gasteiger charge is -2.18. The summed E-state index contributed by atoms with van der Waals surface area (Å²) in [6, 6.07) is 0.669. The minimum Gasteiger partial charge on any atom is -0.480 e. The van der Waals surface area contributed by atoms with Gasteiger partial charge < -0.3 is 19.9 Å². The van der Waals surface area contributed by atoms with E-state index >= 15 is 0 Å². The molecule has 0 aliphatic rings. The Hall–Kier alpha value is -1.86. The van der Waals surface area contributed by atoms with Crippen LogP contribution in [0, 0.1) is 12.8 Å². The van der Waals surface area contributed by atoms with Crippen molar-refractivity contribution in [2.24, 2.45) is 5.92 Å². The van der Waals surface area contributed by atoms with Gasteiger partial charge in [-0.15, -0.1) is 0 Å². The van der Waals surface area contributed by atoms with Crippen LogP contribution in [0.1, 0.15) is 42.6 Å². The monoisotopic (exact) mass is 326 g/mol. The average molecular weight is 326 g/mol. The van der Waals surface area contributed by atoms with Gasteiger partial charge in [-0.25, -0.2) is 4.79 Å². The lowest BCUT2D eigenvalue weighted by atomic mass is 10.0. The summed E-state index contributed by atoms with van der Waals surface area (Å²) in [5, 5.41) is 20.6. The van der Waals surface area contributed by atoms with Crippen molar-refractivity contribution in [2.75, 3.05) is 19.7 Å². The summed E-state index contributed by atoms with van der Waals surface area (Å²) in [4.78, 5) is 25.4. The normalized spacial score (nSPS) is 12.7. The number of furan rings is 1. The van der Waals surface area contributed by atoms with Gasteiger partial charge in [0.1, 0.15) is 11.8 Å². The first-order valence-corrected chi connectivity index (χ1v) is 7.76. The van der Waals surface area contributed by atoms with Crippen LogP contribution in [0.15, 0.2) is 10.5 Å². The number of nitrogens with one attached hydrogen (secondary N) is 1. The number of aryl methyl sites for hydroxylation is 1. The van der Waals surface area contributed by atoms with E-state index in [0.29, 0.717) is 18.8 Å². The molecule has 3 N–H and O–H groups in total. The molecule has 0 saturated carbocycles. The highest BCUT2D eigenvalue weighted by atomic mass is 16.4. The Morgan fingerprint density at radius 1 is 1.39 bits per heavy atom. The Labute approximate surface area is 136 Å². The molecule has 23 heavy (non-hydrogen) atoms. The van der Waals surface area contributed by atoms with Gasteiger partial charge in [0.2, 0.25) is 0 Å². The fourth-order valence-electron chi connectivity index (χ4n) is 2.25.